The number of aliphatic hydroxyl groups is 1. The summed E-state index contributed by atoms with van der Waals surface area (Å²) in [5.74, 6) is 0. The molecule has 1 aliphatic rings. The van der Waals surface area contributed by atoms with Crippen LogP contribution in [0.4, 0.5) is 5.69 Å². The number of aryl methyl sites for hydroxylation is 1. The molecule has 7 heteroatoms. The molecule has 3 heterocycles. The fourth-order valence-corrected chi connectivity index (χ4v) is 5.31. The second-order valence-electron chi connectivity index (χ2n) is 8.39. The van der Waals surface area contributed by atoms with Gasteiger partial charge >= 0.3 is 0 Å². The number of hydrogen-bond acceptors (Lipinski definition) is 4. The number of pyridine rings is 1. The highest BCUT2D eigenvalue weighted by Gasteiger charge is 2.41. The van der Waals surface area contributed by atoms with Crippen LogP contribution in [0.5, 0.6) is 0 Å². The molecule has 0 amide bonds. The molecular weight excluding hydrogens is 430 g/mol. The van der Waals surface area contributed by atoms with Gasteiger partial charge in [0.05, 0.1) is 24.4 Å². The van der Waals surface area contributed by atoms with Crippen molar-refractivity contribution in [2.45, 2.75) is 39.8 Å². The number of anilines is 1. The summed E-state index contributed by atoms with van der Waals surface area (Å²) in [5.41, 5.74) is 6.85. The maximum Gasteiger partial charge on any atom is 0.170 e. The van der Waals surface area contributed by atoms with Gasteiger partial charge in [0.2, 0.25) is 0 Å². The molecule has 0 unspecified atom stereocenters. The smallest absolute Gasteiger partial charge is 0.170 e. The van der Waals surface area contributed by atoms with Gasteiger partial charge in [0.1, 0.15) is 0 Å². The predicted octanol–water partition coefficient (Wildman–Crippen LogP) is 4.30. The number of nitrogens with one attached hydrogen (secondary N) is 1. The Balaban J connectivity index is 1.75. The molecule has 4 rings (SSSR count). The van der Waals surface area contributed by atoms with Crippen LogP contribution in [0.15, 0.2) is 54.7 Å². The first-order chi connectivity index (χ1) is 16.0. The van der Waals surface area contributed by atoms with Gasteiger partial charge in [0.25, 0.3) is 0 Å². The number of β-amino-alcohol motifs (C(OH)–C–C–N with tert-alkyl or cyclic N) is 1. The second-order valence-corrected chi connectivity index (χ2v) is 8.78. The van der Waals surface area contributed by atoms with E-state index in [-0.39, 0.29) is 18.7 Å². The number of aromatic nitrogens is 2. The lowest BCUT2D eigenvalue weighted by molar-refractivity contribution is 0.223. The highest BCUT2D eigenvalue weighted by Crippen LogP contribution is 2.41. The normalized spacial score (nSPS) is 18.0. The molecule has 1 fully saturated rings. The monoisotopic (exact) mass is 463 g/mol. The molecule has 0 bridgehead atoms. The van der Waals surface area contributed by atoms with Crippen LogP contribution in [0.3, 0.4) is 0 Å². The number of thiocarbonyl (C=S) groups is 1. The van der Waals surface area contributed by atoms with Gasteiger partial charge in [-0.05, 0) is 87.9 Å². The quantitative estimate of drug-likeness (QED) is 0.486. The second kappa shape index (κ2) is 9.93. The molecule has 174 valence electrons. The number of rotatable bonds is 8. The van der Waals surface area contributed by atoms with Crippen LogP contribution in [0.1, 0.15) is 48.6 Å². The van der Waals surface area contributed by atoms with Crippen LogP contribution in [-0.4, -0.2) is 50.9 Å². The zero-order chi connectivity index (χ0) is 23.5. The van der Waals surface area contributed by atoms with Crippen molar-refractivity contribution in [1.82, 2.24) is 19.8 Å². The summed E-state index contributed by atoms with van der Waals surface area (Å²) in [6.07, 6.45) is 1.81. The minimum Gasteiger partial charge on any atom is -0.395 e. The summed E-state index contributed by atoms with van der Waals surface area (Å²) in [7, 11) is 0. The first-order valence-corrected chi connectivity index (χ1v) is 12.0. The highest BCUT2D eigenvalue weighted by molar-refractivity contribution is 7.80. The molecule has 6 nitrogen and oxygen atoms in total. The average Bonchev–Trinajstić information content (AvgIpc) is 3.31. The summed E-state index contributed by atoms with van der Waals surface area (Å²) in [5, 5.41) is 13.8. The van der Waals surface area contributed by atoms with Crippen molar-refractivity contribution < 1.29 is 5.11 Å². The molecule has 1 aromatic carbocycles. The maximum atomic E-state index is 9.73. The topological polar surface area (TPSA) is 56.6 Å². The number of hydrogen-bond donors (Lipinski definition) is 2. The zero-order valence-electron chi connectivity index (χ0n) is 19.8. The first kappa shape index (κ1) is 23.3. The van der Waals surface area contributed by atoms with E-state index >= 15 is 0 Å². The molecule has 33 heavy (non-hydrogen) atoms. The van der Waals surface area contributed by atoms with E-state index < -0.39 is 0 Å². The molecule has 0 aliphatic carbocycles. The fourth-order valence-electron chi connectivity index (χ4n) is 4.98. The highest BCUT2D eigenvalue weighted by atomic mass is 32.1. The Hall–Kier alpha value is -2.90. The lowest BCUT2D eigenvalue weighted by Gasteiger charge is -2.27. The molecule has 0 saturated carbocycles. The SMILES string of the molecule is CCN(CC)c1ccc(-n2c(C)cc([C@@H]3[C@H](c4ccccn4)NC(=S)N3CCO)c2C)cc1. The van der Waals surface area contributed by atoms with Gasteiger partial charge in [-0.15, -0.1) is 0 Å². The van der Waals surface area contributed by atoms with E-state index in [2.05, 4.69) is 82.7 Å². The Bertz CT molecular complexity index is 1090. The summed E-state index contributed by atoms with van der Waals surface area (Å²) in [6, 6.07) is 16.8. The summed E-state index contributed by atoms with van der Waals surface area (Å²) in [6.45, 7) is 11.2. The van der Waals surface area contributed by atoms with Gasteiger partial charge in [0.15, 0.2) is 5.11 Å². The Morgan fingerprint density at radius 1 is 1.09 bits per heavy atom. The van der Waals surface area contributed by atoms with Crippen molar-refractivity contribution in [1.29, 1.82) is 0 Å². The Labute approximate surface area is 201 Å². The third kappa shape index (κ3) is 4.35. The number of nitrogens with zero attached hydrogens (tertiary/aromatic N) is 4. The molecule has 1 aliphatic heterocycles. The third-order valence-electron chi connectivity index (χ3n) is 6.56. The fraction of sp³-hybridized carbons (Fsp3) is 0.385. The van der Waals surface area contributed by atoms with Crippen LogP contribution in [0.25, 0.3) is 5.69 Å². The van der Waals surface area contributed by atoms with E-state index in [0.29, 0.717) is 11.7 Å². The van der Waals surface area contributed by atoms with E-state index in [9.17, 15) is 5.11 Å². The Morgan fingerprint density at radius 2 is 1.82 bits per heavy atom. The lowest BCUT2D eigenvalue weighted by Crippen LogP contribution is -2.32. The molecule has 1 saturated heterocycles. The van der Waals surface area contributed by atoms with Crippen molar-refractivity contribution >= 4 is 23.0 Å². The van der Waals surface area contributed by atoms with Crippen molar-refractivity contribution in [3.63, 3.8) is 0 Å². The Kier molecular flexibility index (Phi) is 7.00. The molecular formula is C26H33N5OS. The third-order valence-corrected chi connectivity index (χ3v) is 6.92. The standard InChI is InChI=1S/C26H33N5OS/c1-5-29(6-2)20-10-12-21(13-11-20)31-18(3)17-22(19(31)4)25-24(23-9-7-8-14-27-23)28-26(33)30(25)15-16-32/h7-14,17,24-25,32H,5-6,15-16H2,1-4H3,(H,28,33)/t24-,25+/m0/s1. The maximum absolute atomic E-state index is 9.73. The van der Waals surface area contributed by atoms with E-state index in [1.165, 1.54) is 22.6 Å². The van der Waals surface area contributed by atoms with Gasteiger partial charge in [0, 0.05) is 48.6 Å². The number of aliphatic hydroxyl groups excluding tert-OH is 1. The van der Waals surface area contributed by atoms with Crippen LogP contribution >= 0.6 is 12.2 Å². The van der Waals surface area contributed by atoms with Crippen LogP contribution in [-0.2, 0) is 0 Å². The van der Waals surface area contributed by atoms with E-state index in [4.69, 9.17) is 12.2 Å². The molecule has 3 aromatic rings. The largest absolute Gasteiger partial charge is 0.395 e. The van der Waals surface area contributed by atoms with Crippen molar-refractivity contribution in [3.05, 3.63) is 77.4 Å². The van der Waals surface area contributed by atoms with Gasteiger partial charge in [-0.2, -0.15) is 0 Å². The predicted molar refractivity (Wildman–Crippen MR) is 138 cm³/mol. The molecule has 2 N–H and O–H groups in total. The van der Waals surface area contributed by atoms with Crippen LogP contribution in [0.2, 0.25) is 0 Å². The van der Waals surface area contributed by atoms with Crippen molar-refractivity contribution in [2.24, 2.45) is 0 Å². The summed E-state index contributed by atoms with van der Waals surface area (Å²) >= 11 is 5.66. The molecule has 0 spiro atoms. The van der Waals surface area contributed by atoms with Crippen LogP contribution < -0.4 is 10.2 Å². The van der Waals surface area contributed by atoms with Gasteiger partial charge < -0.3 is 24.8 Å². The first-order valence-electron chi connectivity index (χ1n) is 11.6. The average molecular weight is 464 g/mol. The summed E-state index contributed by atoms with van der Waals surface area (Å²) < 4.78 is 2.30. The lowest BCUT2D eigenvalue weighted by atomic mass is 9.97. The van der Waals surface area contributed by atoms with Gasteiger partial charge in [-0.1, -0.05) is 6.07 Å². The van der Waals surface area contributed by atoms with E-state index in [1.54, 1.807) is 0 Å². The zero-order valence-corrected chi connectivity index (χ0v) is 20.6. The minimum absolute atomic E-state index is 0.0405. The van der Waals surface area contributed by atoms with Gasteiger partial charge in [-0.25, -0.2) is 0 Å². The molecule has 2 atom stereocenters. The van der Waals surface area contributed by atoms with Gasteiger partial charge in [-0.3, -0.25) is 4.98 Å². The molecule has 0 radical (unpaired) electrons. The summed E-state index contributed by atoms with van der Waals surface area (Å²) in [4.78, 5) is 9.04. The van der Waals surface area contributed by atoms with E-state index in [0.717, 1.165) is 24.5 Å². The van der Waals surface area contributed by atoms with Crippen molar-refractivity contribution in [3.8, 4) is 5.69 Å². The van der Waals surface area contributed by atoms with Crippen LogP contribution in [0, 0.1) is 13.8 Å². The molecule has 2 aromatic heterocycles. The van der Waals surface area contributed by atoms with E-state index in [1.807, 2.05) is 24.4 Å². The van der Waals surface area contributed by atoms with Crippen molar-refractivity contribution in [2.75, 3.05) is 31.1 Å². The minimum atomic E-state index is -0.0794. The Morgan fingerprint density at radius 3 is 2.42 bits per heavy atom. The number of benzene rings is 1.